The molecular formula is C11H18F3NO4. The highest BCUT2D eigenvalue weighted by Crippen LogP contribution is 2.20. The van der Waals surface area contributed by atoms with Crippen molar-refractivity contribution in [3.63, 3.8) is 0 Å². The van der Waals surface area contributed by atoms with Crippen LogP contribution in [0, 0.1) is 0 Å². The number of methoxy groups -OCH3 is 1. The molecule has 0 aliphatic carbocycles. The fourth-order valence-corrected chi connectivity index (χ4v) is 2.01. The van der Waals surface area contributed by atoms with Gasteiger partial charge in [-0.2, -0.15) is 13.2 Å². The minimum absolute atomic E-state index is 0.136. The van der Waals surface area contributed by atoms with Crippen LogP contribution in [-0.2, 0) is 14.3 Å². The quantitative estimate of drug-likeness (QED) is 0.725. The smallest absolute Gasteiger partial charge is 0.394 e. The monoisotopic (exact) mass is 285 g/mol. The van der Waals surface area contributed by atoms with Crippen LogP contribution in [0.4, 0.5) is 13.2 Å². The molecule has 1 heterocycles. The Labute approximate surface area is 109 Å². The van der Waals surface area contributed by atoms with Gasteiger partial charge in [-0.15, -0.1) is 0 Å². The van der Waals surface area contributed by atoms with Gasteiger partial charge in [0.15, 0.2) is 0 Å². The Bertz CT molecular complexity index is 298. The zero-order valence-corrected chi connectivity index (χ0v) is 10.7. The molecule has 1 aliphatic heterocycles. The lowest BCUT2D eigenvalue weighted by molar-refractivity contribution is -0.175. The largest absolute Gasteiger partial charge is 0.411 e. The maximum Gasteiger partial charge on any atom is 0.411 e. The molecule has 0 saturated carbocycles. The highest BCUT2D eigenvalue weighted by atomic mass is 19.4. The topological polar surface area (TPSA) is 59.0 Å². The standard InChI is InChI=1S/C11H18F3NO4/c1-18-9-4-8(6-16)15(5-9)10(17)2-3-19-7-11(12,13)14/h8-9,16H,2-7H2,1H3/t8-,9+/m0/s1. The molecule has 19 heavy (non-hydrogen) atoms. The summed E-state index contributed by atoms with van der Waals surface area (Å²) in [6, 6.07) is -0.333. The van der Waals surface area contributed by atoms with E-state index in [1.165, 1.54) is 12.0 Å². The van der Waals surface area contributed by atoms with Gasteiger partial charge in [-0.1, -0.05) is 0 Å². The highest BCUT2D eigenvalue weighted by molar-refractivity contribution is 5.77. The van der Waals surface area contributed by atoms with Gasteiger partial charge >= 0.3 is 6.18 Å². The second-order valence-corrected chi connectivity index (χ2v) is 4.39. The number of carbonyl (C=O) groups excluding carboxylic acids is 1. The Morgan fingerprint density at radius 2 is 2.16 bits per heavy atom. The summed E-state index contributed by atoms with van der Waals surface area (Å²) in [6.45, 7) is -1.48. The van der Waals surface area contributed by atoms with Crippen molar-refractivity contribution in [2.45, 2.75) is 31.2 Å². The van der Waals surface area contributed by atoms with Crippen LogP contribution in [0.1, 0.15) is 12.8 Å². The summed E-state index contributed by atoms with van der Waals surface area (Å²) in [5, 5.41) is 9.15. The predicted octanol–water partition coefficient (Wildman–Crippen LogP) is 0.564. The van der Waals surface area contributed by atoms with Crippen molar-refractivity contribution < 1.29 is 32.5 Å². The number of aliphatic hydroxyl groups excluding tert-OH is 1. The van der Waals surface area contributed by atoms with E-state index in [4.69, 9.17) is 9.84 Å². The molecule has 1 amide bonds. The number of hydrogen-bond acceptors (Lipinski definition) is 4. The molecule has 1 saturated heterocycles. The van der Waals surface area contributed by atoms with Gasteiger partial charge in [-0.3, -0.25) is 4.79 Å². The van der Waals surface area contributed by atoms with Crippen molar-refractivity contribution in [3.05, 3.63) is 0 Å². The summed E-state index contributed by atoms with van der Waals surface area (Å²) in [4.78, 5) is 13.2. The number of carbonyl (C=O) groups is 1. The van der Waals surface area contributed by atoms with Gasteiger partial charge in [0.05, 0.1) is 31.8 Å². The van der Waals surface area contributed by atoms with Crippen molar-refractivity contribution in [3.8, 4) is 0 Å². The van der Waals surface area contributed by atoms with Gasteiger partial charge in [0.2, 0.25) is 5.91 Å². The minimum Gasteiger partial charge on any atom is -0.394 e. The summed E-state index contributed by atoms with van der Waals surface area (Å²) in [7, 11) is 1.51. The van der Waals surface area contributed by atoms with E-state index in [0.717, 1.165) is 0 Å². The number of rotatable bonds is 6. The number of hydrogen-bond donors (Lipinski definition) is 1. The number of halogens is 3. The Balaban J connectivity index is 2.32. The minimum atomic E-state index is -4.38. The van der Waals surface area contributed by atoms with Crippen molar-refractivity contribution in [2.24, 2.45) is 0 Å². The molecule has 2 atom stereocenters. The molecule has 0 bridgehead atoms. The van der Waals surface area contributed by atoms with E-state index in [1.54, 1.807) is 0 Å². The van der Waals surface area contributed by atoms with Gasteiger partial charge in [0.1, 0.15) is 6.61 Å². The molecule has 1 aliphatic rings. The lowest BCUT2D eigenvalue weighted by Crippen LogP contribution is -2.38. The number of aliphatic hydroxyl groups is 1. The second-order valence-electron chi connectivity index (χ2n) is 4.39. The average molecular weight is 285 g/mol. The number of alkyl halides is 3. The maximum atomic E-state index is 11.8. The van der Waals surface area contributed by atoms with E-state index in [-0.39, 0.29) is 37.7 Å². The Morgan fingerprint density at radius 1 is 1.47 bits per heavy atom. The zero-order chi connectivity index (χ0) is 14.5. The van der Waals surface area contributed by atoms with Crippen molar-refractivity contribution >= 4 is 5.91 Å². The van der Waals surface area contributed by atoms with E-state index in [0.29, 0.717) is 13.0 Å². The van der Waals surface area contributed by atoms with Crippen LogP contribution in [0.3, 0.4) is 0 Å². The third-order valence-electron chi connectivity index (χ3n) is 2.97. The average Bonchev–Trinajstić information content (AvgIpc) is 2.76. The first-order valence-electron chi connectivity index (χ1n) is 5.95. The molecule has 0 aromatic carbocycles. The van der Waals surface area contributed by atoms with E-state index < -0.39 is 12.8 Å². The molecule has 1 fully saturated rings. The highest BCUT2D eigenvalue weighted by Gasteiger charge is 2.34. The maximum absolute atomic E-state index is 11.8. The van der Waals surface area contributed by atoms with E-state index in [1.807, 2.05) is 0 Å². The van der Waals surface area contributed by atoms with Gasteiger partial charge in [0, 0.05) is 13.7 Å². The molecule has 0 radical (unpaired) electrons. The van der Waals surface area contributed by atoms with Crippen LogP contribution in [0.15, 0.2) is 0 Å². The summed E-state index contributed by atoms with van der Waals surface area (Å²) < 4.78 is 45.0. The Hall–Kier alpha value is -0.860. The lowest BCUT2D eigenvalue weighted by Gasteiger charge is -2.22. The van der Waals surface area contributed by atoms with Crippen LogP contribution >= 0.6 is 0 Å². The summed E-state index contributed by atoms with van der Waals surface area (Å²) in [6.07, 6.45) is -4.13. The van der Waals surface area contributed by atoms with Crippen molar-refractivity contribution in [2.75, 3.05) is 33.5 Å². The summed E-state index contributed by atoms with van der Waals surface area (Å²) >= 11 is 0. The van der Waals surface area contributed by atoms with E-state index >= 15 is 0 Å². The lowest BCUT2D eigenvalue weighted by atomic mass is 10.2. The normalized spacial score (nSPS) is 23.9. The SMILES string of the molecule is CO[C@@H]1C[C@@H](CO)N(C(=O)CCOCC(F)(F)F)C1. The van der Waals surface area contributed by atoms with Crippen LogP contribution in [-0.4, -0.2) is 67.7 Å². The third-order valence-corrected chi connectivity index (χ3v) is 2.97. The first kappa shape index (κ1) is 16.2. The van der Waals surface area contributed by atoms with Gasteiger partial charge in [-0.25, -0.2) is 0 Å². The Kier molecular flexibility index (Phi) is 6.02. The van der Waals surface area contributed by atoms with Crippen LogP contribution in [0.5, 0.6) is 0 Å². The molecule has 0 aromatic rings. The van der Waals surface area contributed by atoms with Crippen molar-refractivity contribution in [1.29, 1.82) is 0 Å². The van der Waals surface area contributed by atoms with Crippen LogP contribution in [0.25, 0.3) is 0 Å². The van der Waals surface area contributed by atoms with Gasteiger partial charge in [0.25, 0.3) is 0 Å². The fourth-order valence-electron chi connectivity index (χ4n) is 2.01. The number of ether oxygens (including phenoxy) is 2. The number of likely N-dealkylation sites (tertiary alicyclic amines) is 1. The fraction of sp³-hybridized carbons (Fsp3) is 0.909. The van der Waals surface area contributed by atoms with Crippen LogP contribution in [0.2, 0.25) is 0 Å². The van der Waals surface area contributed by atoms with Gasteiger partial charge < -0.3 is 19.5 Å². The first-order chi connectivity index (χ1) is 8.87. The summed E-state index contributed by atoms with van der Waals surface area (Å²) in [5.74, 6) is -0.333. The zero-order valence-electron chi connectivity index (χ0n) is 10.7. The molecule has 0 aromatic heterocycles. The second kappa shape index (κ2) is 7.06. The molecule has 1 N–H and O–H groups in total. The van der Waals surface area contributed by atoms with Crippen molar-refractivity contribution in [1.82, 2.24) is 4.90 Å². The molecule has 0 unspecified atom stereocenters. The summed E-state index contributed by atoms with van der Waals surface area (Å²) in [5.41, 5.74) is 0. The van der Waals surface area contributed by atoms with E-state index in [9.17, 15) is 18.0 Å². The molecule has 1 rings (SSSR count). The predicted molar refractivity (Wildman–Crippen MR) is 59.5 cm³/mol. The Morgan fingerprint density at radius 3 is 2.68 bits per heavy atom. The third kappa shape index (κ3) is 5.33. The molecule has 8 heteroatoms. The van der Waals surface area contributed by atoms with E-state index in [2.05, 4.69) is 4.74 Å². The molecular weight excluding hydrogens is 267 g/mol. The van der Waals surface area contributed by atoms with Crippen LogP contribution < -0.4 is 0 Å². The van der Waals surface area contributed by atoms with Gasteiger partial charge in [-0.05, 0) is 6.42 Å². The molecule has 0 spiro atoms. The molecule has 112 valence electrons. The molecule has 5 nitrogen and oxygen atoms in total. The number of nitrogens with zero attached hydrogens (tertiary/aromatic N) is 1. The number of amides is 1. The first-order valence-corrected chi connectivity index (χ1v) is 5.95.